The highest BCUT2D eigenvalue weighted by molar-refractivity contribution is 5.93. The van der Waals surface area contributed by atoms with E-state index in [9.17, 15) is 4.79 Å². The molecule has 0 bridgehead atoms. The molecule has 0 atom stereocenters. The fourth-order valence-electron chi connectivity index (χ4n) is 1.89. The van der Waals surface area contributed by atoms with Crippen molar-refractivity contribution in [2.75, 3.05) is 30.7 Å². The lowest BCUT2D eigenvalue weighted by Gasteiger charge is -2.19. The number of hydrogen-bond acceptors (Lipinski definition) is 3. The molecular formula is C14H23N3O. The number of rotatable bonds is 6. The number of benzene rings is 1. The Bertz CT molecular complexity index is 404. The van der Waals surface area contributed by atoms with Gasteiger partial charge in [-0.2, -0.15) is 0 Å². The van der Waals surface area contributed by atoms with Crippen molar-refractivity contribution in [3.8, 4) is 0 Å². The molecule has 0 aliphatic rings. The van der Waals surface area contributed by atoms with Crippen molar-refractivity contribution in [1.29, 1.82) is 0 Å². The van der Waals surface area contributed by atoms with Gasteiger partial charge in [-0.25, -0.2) is 0 Å². The molecule has 1 aromatic rings. The van der Waals surface area contributed by atoms with Crippen molar-refractivity contribution in [3.05, 3.63) is 23.8 Å². The summed E-state index contributed by atoms with van der Waals surface area (Å²) in [5, 5.41) is 2.92. The van der Waals surface area contributed by atoms with E-state index < -0.39 is 0 Å². The lowest BCUT2D eigenvalue weighted by atomic mass is 10.2. The molecule has 0 aliphatic heterocycles. The maximum atomic E-state index is 11.9. The van der Waals surface area contributed by atoms with Gasteiger partial charge in [0.25, 0.3) is 0 Å². The Labute approximate surface area is 109 Å². The lowest BCUT2D eigenvalue weighted by molar-refractivity contribution is -0.117. The quantitative estimate of drug-likeness (QED) is 0.760. The Morgan fingerprint density at radius 1 is 1.39 bits per heavy atom. The highest BCUT2D eigenvalue weighted by Crippen LogP contribution is 2.17. The van der Waals surface area contributed by atoms with E-state index in [1.165, 1.54) is 0 Å². The molecule has 3 N–H and O–H groups in total. The summed E-state index contributed by atoms with van der Waals surface area (Å²) in [6.45, 7) is 8.40. The van der Waals surface area contributed by atoms with Gasteiger partial charge >= 0.3 is 0 Å². The first-order valence-corrected chi connectivity index (χ1v) is 6.45. The summed E-state index contributed by atoms with van der Waals surface area (Å²) >= 11 is 0. The minimum atomic E-state index is 0.0261. The highest BCUT2D eigenvalue weighted by atomic mass is 16.2. The summed E-state index contributed by atoms with van der Waals surface area (Å²) in [4.78, 5) is 14.0. The Hall–Kier alpha value is -1.55. The molecule has 18 heavy (non-hydrogen) atoms. The number of carbonyl (C=O) groups is 1. The third-order valence-corrected chi connectivity index (χ3v) is 2.88. The fraction of sp³-hybridized carbons (Fsp3) is 0.500. The summed E-state index contributed by atoms with van der Waals surface area (Å²) in [7, 11) is 0. The standard InChI is InChI=1S/C14H23N3O/c1-4-8-17(5-2)10-14(18)16-13-7-6-12(15)9-11(13)3/h6-7,9H,4-5,8,10,15H2,1-3H3,(H,16,18). The smallest absolute Gasteiger partial charge is 0.238 e. The second-order valence-corrected chi connectivity index (χ2v) is 4.49. The highest BCUT2D eigenvalue weighted by Gasteiger charge is 2.09. The van der Waals surface area contributed by atoms with Crippen LogP contribution in [-0.4, -0.2) is 30.4 Å². The first-order chi connectivity index (χ1) is 8.56. The first-order valence-electron chi connectivity index (χ1n) is 6.45. The van der Waals surface area contributed by atoms with E-state index in [0.29, 0.717) is 12.2 Å². The van der Waals surface area contributed by atoms with Crippen LogP contribution in [0.1, 0.15) is 25.8 Å². The van der Waals surface area contributed by atoms with Gasteiger partial charge in [0.1, 0.15) is 0 Å². The van der Waals surface area contributed by atoms with Gasteiger partial charge in [0.2, 0.25) is 5.91 Å². The number of nitrogens with one attached hydrogen (secondary N) is 1. The number of aryl methyl sites for hydroxylation is 1. The summed E-state index contributed by atoms with van der Waals surface area (Å²) < 4.78 is 0. The second-order valence-electron chi connectivity index (χ2n) is 4.49. The van der Waals surface area contributed by atoms with Crippen molar-refractivity contribution in [3.63, 3.8) is 0 Å². The largest absolute Gasteiger partial charge is 0.399 e. The molecule has 100 valence electrons. The summed E-state index contributed by atoms with van der Waals surface area (Å²) in [5.41, 5.74) is 8.22. The van der Waals surface area contributed by atoms with Crippen LogP contribution >= 0.6 is 0 Å². The maximum Gasteiger partial charge on any atom is 0.238 e. The van der Waals surface area contributed by atoms with Gasteiger partial charge in [-0.3, -0.25) is 9.69 Å². The van der Waals surface area contributed by atoms with Gasteiger partial charge in [-0.15, -0.1) is 0 Å². The van der Waals surface area contributed by atoms with Crippen molar-refractivity contribution in [2.45, 2.75) is 27.2 Å². The molecule has 1 aromatic carbocycles. The number of nitrogens with two attached hydrogens (primary N) is 1. The molecule has 0 radical (unpaired) electrons. The average Bonchev–Trinajstić information content (AvgIpc) is 2.32. The zero-order valence-electron chi connectivity index (χ0n) is 11.5. The summed E-state index contributed by atoms with van der Waals surface area (Å²) in [6.07, 6.45) is 1.06. The van der Waals surface area contributed by atoms with Gasteiger partial charge < -0.3 is 11.1 Å². The predicted octanol–water partition coefficient (Wildman–Crippen LogP) is 2.25. The molecule has 1 rings (SSSR count). The number of anilines is 2. The summed E-state index contributed by atoms with van der Waals surface area (Å²) in [6, 6.07) is 5.50. The molecule has 0 fully saturated rings. The first kappa shape index (κ1) is 14.5. The second kappa shape index (κ2) is 7.01. The summed E-state index contributed by atoms with van der Waals surface area (Å²) in [5.74, 6) is 0.0261. The molecular weight excluding hydrogens is 226 g/mol. The van der Waals surface area contributed by atoms with Crippen LogP contribution in [0.3, 0.4) is 0 Å². The molecule has 0 spiro atoms. The number of hydrogen-bond donors (Lipinski definition) is 2. The predicted molar refractivity (Wildman–Crippen MR) is 76.6 cm³/mol. The zero-order chi connectivity index (χ0) is 13.5. The van der Waals surface area contributed by atoms with Gasteiger partial charge in [0.05, 0.1) is 6.54 Å². The maximum absolute atomic E-state index is 11.9. The third-order valence-electron chi connectivity index (χ3n) is 2.88. The molecule has 0 aromatic heterocycles. The zero-order valence-corrected chi connectivity index (χ0v) is 11.5. The van der Waals surface area contributed by atoms with Gasteiger partial charge in [0, 0.05) is 11.4 Å². The minimum Gasteiger partial charge on any atom is -0.399 e. The van der Waals surface area contributed by atoms with Crippen LogP contribution in [0.15, 0.2) is 18.2 Å². The van der Waals surface area contributed by atoms with Crippen molar-refractivity contribution >= 4 is 17.3 Å². The topological polar surface area (TPSA) is 58.4 Å². The number of likely N-dealkylation sites (N-methyl/N-ethyl adjacent to an activating group) is 1. The van der Waals surface area contributed by atoms with Crippen LogP contribution in [0.4, 0.5) is 11.4 Å². The monoisotopic (exact) mass is 249 g/mol. The van der Waals surface area contributed by atoms with Gasteiger partial charge in [-0.05, 0) is 50.2 Å². The number of carbonyl (C=O) groups excluding carboxylic acids is 1. The Morgan fingerprint density at radius 2 is 2.11 bits per heavy atom. The van der Waals surface area contributed by atoms with Gasteiger partial charge in [-0.1, -0.05) is 13.8 Å². The van der Waals surface area contributed by atoms with Crippen molar-refractivity contribution in [1.82, 2.24) is 4.90 Å². The molecule has 0 heterocycles. The van der Waals surface area contributed by atoms with E-state index in [2.05, 4.69) is 24.1 Å². The Kier molecular flexibility index (Phi) is 5.65. The lowest BCUT2D eigenvalue weighted by Crippen LogP contribution is -2.33. The van der Waals surface area contributed by atoms with E-state index in [-0.39, 0.29) is 5.91 Å². The van der Waals surface area contributed by atoms with Crippen LogP contribution in [0.2, 0.25) is 0 Å². The number of amides is 1. The van der Waals surface area contributed by atoms with Crippen LogP contribution in [0.5, 0.6) is 0 Å². The molecule has 4 nitrogen and oxygen atoms in total. The normalized spacial score (nSPS) is 10.7. The van der Waals surface area contributed by atoms with E-state index in [1.807, 2.05) is 19.1 Å². The van der Waals surface area contributed by atoms with E-state index in [4.69, 9.17) is 5.73 Å². The molecule has 0 unspecified atom stereocenters. The van der Waals surface area contributed by atoms with Crippen LogP contribution in [0, 0.1) is 6.92 Å². The number of nitrogens with zero attached hydrogens (tertiary/aromatic N) is 1. The number of nitrogen functional groups attached to an aromatic ring is 1. The molecule has 4 heteroatoms. The Morgan fingerprint density at radius 3 is 2.67 bits per heavy atom. The Balaban J connectivity index is 2.58. The fourth-order valence-corrected chi connectivity index (χ4v) is 1.89. The third kappa shape index (κ3) is 4.37. The minimum absolute atomic E-state index is 0.0261. The molecule has 0 saturated heterocycles. The SMILES string of the molecule is CCCN(CC)CC(=O)Nc1ccc(N)cc1C. The van der Waals surface area contributed by atoms with Crippen LogP contribution < -0.4 is 11.1 Å². The molecule has 0 aliphatic carbocycles. The average molecular weight is 249 g/mol. The van der Waals surface area contributed by atoms with E-state index in [0.717, 1.165) is 30.8 Å². The molecule has 0 saturated carbocycles. The van der Waals surface area contributed by atoms with Crippen LogP contribution in [-0.2, 0) is 4.79 Å². The van der Waals surface area contributed by atoms with Crippen molar-refractivity contribution < 1.29 is 4.79 Å². The van der Waals surface area contributed by atoms with Crippen LogP contribution in [0.25, 0.3) is 0 Å². The van der Waals surface area contributed by atoms with Gasteiger partial charge in [0.15, 0.2) is 0 Å². The van der Waals surface area contributed by atoms with E-state index >= 15 is 0 Å². The van der Waals surface area contributed by atoms with Crippen molar-refractivity contribution in [2.24, 2.45) is 0 Å². The van der Waals surface area contributed by atoms with E-state index in [1.54, 1.807) is 6.07 Å². The molecule has 1 amide bonds.